The van der Waals surface area contributed by atoms with Crippen LogP contribution in [0.1, 0.15) is 29.3 Å². The molecule has 1 fully saturated rings. The summed E-state index contributed by atoms with van der Waals surface area (Å²) in [4.78, 5) is 6.70. The molecule has 1 heterocycles. The van der Waals surface area contributed by atoms with Crippen LogP contribution in [-0.4, -0.2) is 19.1 Å². The molecule has 3 nitrogen and oxygen atoms in total. The summed E-state index contributed by atoms with van der Waals surface area (Å²) < 4.78 is 0. The molecule has 100 valence electrons. The first-order valence-electron chi connectivity index (χ1n) is 6.69. The van der Waals surface area contributed by atoms with Gasteiger partial charge in [0.15, 0.2) is 0 Å². The van der Waals surface area contributed by atoms with Crippen LogP contribution in [0.5, 0.6) is 0 Å². The largest absolute Gasteiger partial charge is 0.386 e. The number of hydrogen-bond donors (Lipinski definition) is 1. The fourth-order valence-electron chi connectivity index (χ4n) is 2.53. The van der Waals surface area contributed by atoms with Crippen molar-refractivity contribution in [2.75, 3.05) is 24.3 Å². The SMILES string of the molecule is CNc1cccc(C2CC2)c1N(C)Cc1nccs1. The lowest BCUT2D eigenvalue weighted by atomic mass is 10.1. The van der Waals surface area contributed by atoms with Crippen LogP contribution in [0.2, 0.25) is 0 Å². The van der Waals surface area contributed by atoms with Crippen LogP contribution in [0.3, 0.4) is 0 Å². The maximum Gasteiger partial charge on any atom is 0.112 e. The Labute approximate surface area is 118 Å². The summed E-state index contributed by atoms with van der Waals surface area (Å²) in [6.07, 6.45) is 4.52. The molecular formula is C15H19N3S. The second kappa shape index (κ2) is 5.21. The van der Waals surface area contributed by atoms with Gasteiger partial charge in [0, 0.05) is 25.7 Å². The van der Waals surface area contributed by atoms with Crippen molar-refractivity contribution in [3.63, 3.8) is 0 Å². The molecule has 0 saturated heterocycles. The van der Waals surface area contributed by atoms with Crippen LogP contribution in [0.4, 0.5) is 11.4 Å². The molecule has 0 radical (unpaired) electrons. The minimum atomic E-state index is 0.752. The van der Waals surface area contributed by atoms with Gasteiger partial charge in [0.25, 0.3) is 0 Å². The van der Waals surface area contributed by atoms with Crippen molar-refractivity contribution >= 4 is 22.7 Å². The third kappa shape index (κ3) is 2.59. The molecule has 1 saturated carbocycles. The predicted octanol–water partition coefficient (Wildman–Crippen LogP) is 3.70. The molecule has 1 aliphatic rings. The second-order valence-corrected chi connectivity index (χ2v) is 6.03. The van der Waals surface area contributed by atoms with Crippen LogP contribution < -0.4 is 10.2 Å². The van der Waals surface area contributed by atoms with E-state index in [0.29, 0.717) is 0 Å². The number of rotatable bonds is 5. The van der Waals surface area contributed by atoms with Gasteiger partial charge in [-0.25, -0.2) is 4.98 Å². The molecule has 19 heavy (non-hydrogen) atoms. The minimum absolute atomic E-state index is 0.752. The van der Waals surface area contributed by atoms with Crippen molar-refractivity contribution < 1.29 is 0 Å². The lowest BCUT2D eigenvalue weighted by molar-refractivity contribution is 0.897. The molecule has 0 atom stereocenters. The predicted molar refractivity (Wildman–Crippen MR) is 82.2 cm³/mol. The average Bonchev–Trinajstić information content (AvgIpc) is 3.16. The van der Waals surface area contributed by atoms with E-state index in [1.807, 2.05) is 18.6 Å². The molecule has 3 rings (SSSR count). The van der Waals surface area contributed by atoms with E-state index in [-0.39, 0.29) is 0 Å². The van der Waals surface area contributed by atoms with E-state index in [4.69, 9.17) is 0 Å². The Hall–Kier alpha value is -1.55. The van der Waals surface area contributed by atoms with E-state index in [0.717, 1.165) is 17.5 Å². The number of nitrogens with zero attached hydrogens (tertiary/aromatic N) is 2. The van der Waals surface area contributed by atoms with Gasteiger partial charge >= 0.3 is 0 Å². The summed E-state index contributed by atoms with van der Waals surface area (Å²) in [7, 11) is 4.15. The summed E-state index contributed by atoms with van der Waals surface area (Å²) in [6.45, 7) is 0.871. The number of anilines is 2. The van der Waals surface area contributed by atoms with Crippen LogP contribution in [0.25, 0.3) is 0 Å². The normalized spacial score (nSPS) is 14.4. The van der Waals surface area contributed by atoms with Gasteiger partial charge in [-0.15, -0.1) is 11.3 Å². The minimum Gasteiger partial charge on any atom is -0.386 e. The highest BCUT2D eigenvalue weighted by Gasteiger charge is 2.28. The molecule has 0 aliphatic heterocycles. The topological polar surface area (TPSA) is 28.2 Å². The van der Waals surface area contributed by atoms with Gasteiger partial charge in [-0.3, -0.25) is 0 Å². The number of thiazole rings is 1. The van der Waals surface area contributed by atoms with Crippen molar-refractivity contribution in [2.45, 2.75) is 25.3 Å². The summed E-state index contributed by atoms with van der Waals surface area (Å²) in [6, 6.07) is 6.58. The Morgan fingerprint density at radius 2 is 2.26 bits per heavy atom. The highest BCUT2D eigenvalue weighted by molar-refractivity contribution is 7.09. The van der Waals surface area contributed by atoms with Gasteiger partial charge in [0.05, 0.1) is 17.9 Å². The van der Waals surface area contributed by atoms with Crippen LogP contribution in [0, 0.1) is 0 Å². The zero-order valence-corrected chi connectivity index (χ0v) is 12.2. The van der Waals surface area contributed by atoms with Crippen molar-refractivity contribution in [3.8, 4) is 0 Å². The maximum atomic E-state index is 4.38. The average molecular weight is 273 g/mol. The summed E-state index contributed by atoms with van der Waals surface area (Å²) >= 11 is 1.72. The van der Waals surface area contributed by atoms with Gasteiger partial charge in [-0.05, 0) is 30.4 Å². The molecule has 2 aromatic rings. The van der Waals surface area contributed by atoms with Crippen molar-refractivity contribution in [3.05, 3.63) is 40.3 Å². The zero-order chi connectivity index (χ0) is 13.2. The Morgan fingerprint density at radius 3 is 2.89 bits per heavy atom. The first-order chi connectivity index (χ1) is 9.29. The van der Waals surface area contributed by atoms with Crippen LogP contribution in [-0.2, 0) is 6.54 Å². The standard InChI is InChI=1S/C15H19N3S/c1-16-13-5-3-4-12(11-6-7-11)15(13)18(2)10-14-17-8-9-19-14/h3-5,8-9,11,16H,6-7,10H2,1-2H3. The smallest absolute Gasteiger partial charge is 0.112 e. The van der Waals surface area contributed by atoms with E-state index < -0.39 is 0 Å². The quantitative estimate of drug-likeness (QED) is 0.900. The van der Waals surface area contributed by atoms with Gasteiger partial charge in [-0.1, -0.05) is 12.1 Å². The third-order valence-electron chi connectivity index (χ3n) is 3.59. The number of hydrogen-bond acceptors (Lipinski definition) is 4. The molecular weight excluding hydrogens is 254 g/mol. The molecule has 1 aromatic heterocycles. The van der Waals surface area contributed by atoms with E-state index in [1.54, 1.807) is 11.3 Å². The highest BCUT2D eigenvalue weighted by Crippen LogP contribution is 2.46. The molecule has 4 heteroatoms. The van der Waals surface area contributed by atoms with Gasteiger partial charge in [0.1, 0.15) is 5.01 Å². The monoisotopic (exact) mass is 273 g/mol. The van der Waals surface area contributed by atoms with Gasteiger partial charge in [0.2, 0.25) is 0 Å². The molecule has 1 N–H and O–H groups in total. The lowest BCUT2D eigenvalue weighted by Crippen LogP contribution is -2.19. The van der Waals surface area contributed by atoms with Crippen LogP contribution >= 0.6 is 11.3 Å². The Kier molecular flexibility index (Phi) is 3.42. The Morgan fingerprint density at radius 1 is 1.42 bits per heavy atom. The van der Waals surface area contributed by atoms with Crippen molar-refractivity contribution in [2.24, 2.45) is 0 Å². The number of nitrogens with one attached hydrogen (secondary N) is 1. The molecule has 0 spiro atoms. The molecule has 1 aromatic carbocycles. The summed E-state index contributed by atoms with van der Waals surface area (Å²) in [5, 5.41) is 6.52. The Balaban J connectivity index is 1.92. The fraction of sp³-hybridized carbons (Fsp3) is 0.400. The fourth-order valence-corrected chi connectivity index (χ4v) is 3.19. The first kappa shape index (κ1) is 12.5. The third-order valence-corrected chi connectivity index (χ3v) is 4.36. The number of benzene rings is 1. The van der Waals surface area contributed by atoms with Gasteiger partial charge < -0.3 is 10.2 Å². The highest BCUT2D eigenvalue weighted by atomic mass is 32.1. The van der Waals surface area contributed by atoms with Crippen LogP contribution in [0.15, 0.2) is 29.8 Å². The summed E-state index contributed by atoms with van der Waals surface area (Å²) in [5.41, 5.74) is 4.03. The van der Waals surface area contributed by atoms with E-state index in [9.17, 15) is 0 Å². The molecule has 1 aliphatic carbocycles. The van der Waals surface area contributed by atoms with E-state index in [1.165, 1.54) is 29.8 Å². The second-order valence-electron chi connectivity index (χ2n) is 5.05. The van der Waals surface area contributed by atoms with Gasteiger partial charge in [-0.2, -0.15) is 0 Å². The lowest BCUT2D eigenvalue weighted by Gasteiger charge is -2.24. The zero-order valence-electron chi connectivity index (χ0n) is 11.4. The first-order valence-corrected chi connectivity index (χ1v) is 7.57. The van der Waals surface area contributed by atoms with Crippen molar-refractivity contribution in [1.29, 1.82) is 0 Å². The summed E-state index contributed by atoms with van der Waals surface area (Å²) in [5.74, 6) is 0.752. The molecule has 0 unspecified atom stereocenters. The molecule has 0 amide bonds. The van der Waals surface area contributed by atoms with E-state index >= 15 is 0 Å². The number of aromatic nitrogens is 1. The number of para-hydroxylation sites is 1. The van der Waals surface area contributed by atoms with E-state index in [2.05, 4.69) is 40.4 Å². The molecule has 0 bridgehead atoms. The Bertz CT molecular complexity index is 547. The maximum absolute atomic E-state index is 4.38. The van der Waals surface area contributed by atoms with Crippen molar-refractivity contribution in [1.82, 2.24) is 4.98 Å².